The van der Waals surface area contributed by atoms with Gasteiger partial charge in [0, 0.05) is 50.4 Å². The van der Waals surface area contributed by atoms with Crippen LogP contribution >= 0.6 is 12.4 Å². The first-order valence-corrected chi connectivity index (χ1v) is 12.6. The fourth-order valence-corrected chi connectivity index (χ4v) is 4.79. The lowest BCUT2D eigenvalue weighted by atomic mass is 10.0. The van der Waals surface area contributed by atoms with Gasteiger partial charge in [0.05, 0.1) is 5.69 Å². The molecule has 1 atom stereocenters. The smallest absolute Gasteiger partial charge is 0.224 e. The van der Waals surface area contributed by atoms with Crippen molar-refractivity contribution in [2.45, 2.75) is 25.6 Å². The largest absolute Gasteiger partial charge is 0.490 e. The third-order valence-corrected chi connectivity index (χ3v) is 6.73. The van der Waals surface area contributed by atoms with E-state index in [1.54, 1.807) is 0 Å². The highest BCUT2D eigenvalue weighted by atomic mass is 35.5. The Labute approximate surface area is 224 Å². The number of halogens is 1. The van der Waals surface area contributed by atoms with Crippen LogP contribution in [0.15, 0.2) is 72.8 Å². The molecule has 0 saturated carbocycles. The number of carbonyl (C=O) groups is 1. The summed E-state index contributed by atoms with van der Waals surface area (Å²) in [5, 5.41) is 13.6. The van der Waals surface area contributed by atoms with E-state index in [-0.39, 0.29) is 24.9 Å². The molecule has 2 N–H and O–H groups in total. The van der Waals surface area contributed by atoms with Gasteiger partial charge in [0.1, 0.15) is 30.8 Å². The summed E-state index contributed by atoms with van der Waals surface area (Å²) in [7, 11) is 0. The lowest BCUT2D eigenvalue weighted by molar-refractivity contribution is -0.116. The van der Waals surface area contributed by atoms with Crippen LogP contribution < -0.4 is 19.7 Å². The zero-order chi connectivity index (χ0) is 24.7. The van der Waals surface area contributed by atoms with Gasteiger partial charge in [-0.3, -0.25) is 9.69 Å². The van der Waals surface area contributed by atoms with Gasteiger partial charge in [0.2, 0.25) is 5.91 Å². The van der Waals surface area contributed by atoms with Crippen molar-refractivity contribution in [3.8, 4) is 11.5 Å². The molecule has 1 fully saturated rings. The molecular formula is C29H34ClN3O4. The SMILES string of the molecule is Cl.O=C1CCc2c(OCC(O)CN3CCN(c4ccccc4)CC3)ccc(OCc3ccccc3)c2N1. The fourth-order valence-electron chi connectivity index (χ4n) is 4.79. The number of fused-ring (bicyclic) bond motifs is 1. The van der Waals surface area contributed by atoms with Crippen molar-refractivity contribution < 1.29 is 19.4 Å². The number of rotatable bonds is 9. The average Bonchev–Trinajstić information content (AvgIpc) is 2.92. The fraction of sp³-hybridized carbons (Fsp3) is 0.345. The average molecular weight is 524 g/mol. The number of ether oxygens (including phenoxy) is 2. The van der Waals surface area contributed by atoms with Crippen LogP contribution in [0.1, 0.15) is 17.5 Å². The van der Waals surface area contributed by atoms with Gasteiger partial charge in [-0.1, -0.05) is 48.5 Å². The Morgan fingerprint density at radius 3 is 2.24 bits per heavy atom. The predicted octanol–water partition coefficient (Wildman–Crippen LogP) is 4.13. The van der Waals surface area contributed by atoms with E-state index in [1.807, 2.05) is 48.5 Å². The molecule has 0 radical (unpaired) electrons. The van der Waals surface area contributed by atoms with E-state index >= 15 is 0 Å². The van der Waals surface area contributed by atoms with Crippen molar-refractivity contribution in [2.75, 3.05) is 49.5 Å². The summed E-state index contributed by atoms with van der Waals surface area (Å²) in [5.41, 5.74) is 3.89. The third-order valence-electron chi connectivity index (χ3n) is 6.73. The molecule has 1 unspecified atom stereocenters. The zero-order valence-electron chi connectivity index (χ0n) is 20.8. The lowest BCUT2D eigenvalue weighted by Crippen LogP contribution is -2.49. The number of piperazine rings is 1. The summed E-state index contributed by atoms with van der Waals surface area (Å²) >= 11 is 0. The molecule has 5 rings (SSSR count). The number of amides is 1. The summed E-state index contributed by atoms with van der Waals surface area (Å²) in [4.78, 5) is 16.8. The molecule has 8 heteroatoms. The molecule has 2 heterocycles. The molecule has 2 aliphatic rings. The highest BCUT2D eigenvalue weighted by Gasteiger charge is 2.24. The molecule has 1 amide bonds. The Morgan fingerprint density at radius 1 is 0.838 bits per heavy atom. The Hall–Kier alpha value is -3.26. The van der Waals surface area contributed by atoms with Crippen molar-refractivity contribution in [2.24, 2.45) is 0 Å². The maximum absolute atomic E-state index is 12.1. The van der Waals surface area contributed by atoms with Crippen LogP contribution in [0.2, 0.25) is 0 Å². The highest BCUT2D eigenvalue weighted by Crippen LogP contribution is 2.39. The van der Waals surface area contributed by atoms with Crippen molar-refractivity contribution in [1.29, 1.82) is 0 Å². The quantitative estimate of drug-likeness (QED) is 0.439. The number of carbonyl (C=O) groups excluding carboxylic acids is 1. The van der Waals surface area contributed by atoms with Crippen LogP contribution in [0.25, 0.3) is 0 Å². The number of nitrogens with zero attached hydrogens (tertiary/aromatic N) is 2. The summed E-state index contributed by atoms with van der Waals surface area (Å²) in [6, 6.07) is 24.1. The molecule has 37 heavy (non-hydrogen) atoms. The molecule has 3 aromatic rings. The van der Waals surface area contributed by atoms with Crippen molar-refractivity contribution in [1.82, 2.24) is 4.90 Å². The van der Waals surface area contributed by atoms with E-state index < -0.39 is 6.10 Å². The minimum atomic E-state index is -0.601. The number of hydrogen-bond acceptors (Lipinski definition) is 6. The summed E-state index contributed by atoms with van der Waals surface area (Å²) in [6.07, 6.45) is 0.382. The van der Waals surface area contributed by atoms with E-state index in [9.17, 15) is 9.90 Å². The van der Waals surface area contributed by atoms with Gasteiger partial charge in [-0.25, -0.2) is 0 Å². The Kier molecular flexibility index (Phi) is 9.28. The maximum Gasteiger partial charge on any atom is 0.224 e. The lowest BCUT2D eigenvalue weighted by Gasteiger charge is -2.36. The van der Waals surface area contributed by atoms with Crippen LogP contribution in [-0.2, 0) is 17.8 Å². The van der Waals surface area contributed by atoms with Gasteiger partial charge >= 0.3 is 0 Å². The minimum absolute atomic E-state index is 0. The number of para-hydroxylation sites is 1. The molecular weight excluding hydrogens is 490 g/mol. The second-order valence-electron chi connectivity index (χ2n) is 9.33. The number of β-amino-alcohol motifs (C(OH)–C–C–N with tert-alkyl or cyclic N) is 1. The van der Waals surface area contributed by atoms with Gasteiger partial charge in [-0.2, -0.15) is 0 Å². The number of anilines is 2. The Balaban J connectivity index is 0.00000320. The molecule has 0 spiro atoms. The summed E-state index contributed by atoms with van der Waals surface area (Å²) in [6.45, 7) is 4.87. The van der Waals surface area contributed by atoms with Crippen LogP contribution in [0.5, 0.6) is 11.5 Å². The first kappa shape index (κ1) is 26.8. The van der Waals surface area contributed by atoms with E-state index in [4.69, 9.17) is 9.47 Å². The normalized spacial score (nSPS) is 16.2. The van der Waals surface area contributed by atoms with Crippen LogP contribution in [0, 0.1) is 0 Å². The minimum Gasteiger partial charge on any atom is -0.490 e. The number of benzene rings is 3. The number of aliphatic hydroxyl groups is 1. The van der Waals surface area contributed by atoms with E-state index in [0.29, 0.717) is 43.2 Å². The topological polar surface area (TPSA) is 74.3 Å². The van der Waals surface area contributed by atoms with Gasteiger partial charge < -0.3 is 24.8 Å². The van der Waals surface area contributed by atoms with Crippen molar-refractivity contribution >= 4 is 29.7 Å². The van der Waals surface area contributed by atoms with Crippen LogP contribution in [0.4, 0.5) is 11.4 Å². The van der Waals surface area contributed by atoms with Gasteiger partial charge in [0.15, 0.2) is 0 Å². The molecule has 2 aliphatic heterocycles. The first-order chi connectivity index (χ1) is 17.7. The van der Waals surface area contributed by atoms with Crippen LogP contribution in [-0.4, -0.2) is 61.3 Å². The highest BCUT2D eigenvalue weighted by molar-refractivity contribution is 5.96. The second-order valence-corrected chi connectivity index (χ2v) is 9.33. The van der Waals surface area contributed by atoms with E-state index in [2.05, 4.69) is 39.4 Å². The number of nitrogens with one attached hydrogen (secondary N) is 1. The van der Waals surface area contributed by atoms with Gasteiger partial charge in [0.25, 0.3) is 0 Å². The Bertz CT molecular complexity index is 1150. The molecule has 0 aliphatic carbocycles. The number of aliphatic hydroxyl groups excluding tert-OH is 1. The molecule has 0 bridgehead atoms. The first-order valence-electron chi connectivity index (χ1n) is 12.6. The van der Waals surface area contributed by atoms with E-state index in [0.717, 1.165) is 37.3 Å². The summed E-state index contributed by atoms with van der Waals surface area (Å²) < 4.78 is 12.1. The molecule has 196 valence electrons. The van der Waals surface area contributed by atoms with Crippen molar-refractivity contribution in [3.05, 3.63) is 83.9 Å². The third kappa shape index (κ3) is 6.95. The Morgan fingerprint density at radius 2 is 1.51 bits per heavy atom. The molecule has 7 nitrogen and oxygen atoms in total. The standard InChI is InChI=1S/C29H33N3O4.ClH/c33-24(19-31-15-17-32(18-16-31)23-9-5-2-6-10-23)21-36-26-12-13-27(29-25(26)11-14-28(34)30-29)35-20-22-7-3-1-4-8-22;/h1-10,12-13,24,33H,11,14-21H2,(H,30,34);1H. The van der Waals surface area contributed by atoms with E-state index in [1.165, 1.54) is 5.69 Å². The van der Waals surface area contributed by atoms with Crippen molar-refractivity contribution in [3.63, 3.8) is 0 Å². The van der Waals surface area contributed by atoms with Gasteiger partial charge in [-0.05, 0) is 36.2 Å². The number of hydrogen-bond donors (Lipinski definition) is 2. The van der Waals surface area contributed by atoms with Crippen LogP contribution in [0.3, 0.4) is 0 Å². The monoisotopic (exact) mass is 523 g/mol. The molecule has 1 saturated heterocycles. The molecule has 3 aromatic carbocycles. The predicted molar refractivity (Wildman–Crippen MR) is 148 cm³/mol. The molecule has 0 aromatic heterocycles. The maximum atomic E-state index is 12.1. The zero-order valence-corrected chi connectivity index (χ0v) is 21.7. The van der Waals surface area contributed by atoms with Gasteiger partial charge in [-0.15, -0.1) is 12.4 Å². The summed E-state index contributed by atoms with van der Waals surface area (Å²) in [5.74, 6) is 1.29. The second kappa shape index (κ2) is 12.8.